The Morgan fingerprint density at radius 2 is 1.76 bits per heavy atom. The second kappa shape index (κ2) is 8.99. The highest BCUT2D eigenvalue weighted by Gasteiger charge is 2.10. The SMILES string of the molecule is C/C(CC(=O)Nc1cc(Cl)cc(Cl)c1)=N\NC(=O)c1ccccc1Br. The molecule has 0 aliphatic carbocycles. The minimum Gasteiger partial charge on any atom is -0.326 e. The second-order valence-electron chi connectivity index (χ2n) is 5.15. The van der Waals surface area contributed by atoms with Gasteiger partial charge in [0.25, 0.3) is 5.91 Å². The van der Waals surface area contributed by atoms with Gasteiger partial charge in [-0.3, -0.25) is 9.59 Å². The molecule has 5 nitrogen and oxygen atoms in total. The Kier molecular flexibility index (Phi) is 6.99. The number of anilines is 1. The highest BCUT2D eigenvalue weighted by atomic mass is 79.9. The van der Waals surface area contributed by atoms with Crippen LogP contribution in [0.5, 0.6) is 0 Å². The van der Waals surface area contributed by atoms with Gasteiger partial charge < -0.3 is 5.32 Å². The lowest BCUT2D eigenvalue weighted by Gasteiger charge is -2.07. The molecule has 2 aromatic carbocycles. The first-order valence-corrected chi connectivity index (χ1v) is 8.74. The van der Waals surface area contributed by atoms with E-state index in [1.54, 1.807) is 43.3 Å². The summed E-state index contributed by atoms with van der Waals surface area (Å²) >= 11 is 15.1. The molecule has 0 fully saturated rings. The molecule has 2 N–H and O–H groups in total. The zero-order chi connectivity index (χ0) is 18.4. The van der Waals surface area contributed by atoms with Gasteiger partial charge in [0, 0.05) is 25.9 Å². The Balaban J connectivity index is 1.93. The van der Waals surface area contributed by atoms with Gasteiger partial charge in [-0.15, -0.1) is 0 Å². The molecule has 0 spiro atoms. The second-order valence-corrected chi connectivity index (χ2v) is 6.88. The van der Waals surface area contributed by atoms with Crippen molar-refractivity contribution in [2.45, 2.75) is 13.3 Å². The van der Waals surface area contributed by atoms with Gasteiger partial charge in [-0.1, -0.05) is 35.3 Å². The summed E-state index contributed by atoms with van der Waals surface area (Å²) in [6, 6.07) is 11.7. The summed E-state index contributed by atoms with van der Waals surface area (Å²) in [6.07, 6.45) is 0.0143. The molecule has 130 valence electrons. The Labute approximate surface area is 163 Å². The molecule has 2 amide bonds. The highest BCUT2D eigenvalue weighted by molar-refractivity contribution is 9.10. The van der Waals surface area contributed by atoms with Crippen molar-refractivity contribution < 1.29 is 9.59 Å². The number of rotatable bonds is 5. The van der Waals surface area contributed by atoms with Crippen LogP contribution in [0.25, 0.3) is 0 Å². The Morgan fingerprint density at radius 1 is 1.12 bits per heavy atom. The maximum atomic E-state index is 12.0. The van der Waals surface area contributed by atoms with Gasteiger partial charge in [-0.25, -0.2) is 5.43 Å². The summed E-state index contributed by atoms with van der Waals surface area (Å²) < 4.78 is 0.663. The summed E-state index contributed by atoms with van der Waals surface area (Å²) in [4.78, 5) is 24.1. The molecule has 0 heterocycles. The van der Waals surface area contributed by atoms with Crippen LogP contribution in [0.1, 0.15) is 23.7 Å². The molecule has 0 aliphatic heterocycles. The molecule has 0 aromatic heterocycles. The van der Waals surface area contributed by atoms with Crippen molar-refractivity contribution in [1.82, 2.24) is 5.43 Å². The van der Waals surface area contributed by atoms with Crippen molar-refractivity contribution in [2.24, 2.45) is 5.10 Å². The first kappa shape index (κ1) is 19.4. The molecule has 25 heavy (non-hydrogen) atoms. The van der Waals surface area contributed by atoms with Crippen molar-refractivity contribution in [1.29, 1.82) is 0 Å². The minimum atomic E-state index is -0.367. The van der Waals surface area contributed by atoms with Crippen molar-refractivity contribution in [2.75, 3.05) is 5.32 Å². The number of hydrogen-bond acceptors (Lipinski definition) is 3. The number of nitrogens with one attached hydrogen (secondary N) is 2. The molecule has 8 heteroatoms. The van der Waals surface area contributed by atoms with Crippen molar-refractivity contribution >= 4 is 62.3 Å². The van der Waals surface area contributed by atoms with Gasteiger partial charge in [-0.2, -0.15) is 5.10 Å². The molecule has 0 saturated carbocycles. The largest absolute Gasteiger partial charge is 0.326 e. The lowest BCUT2D eigenvalue weighted by Crippen LogP contribution is -2.21. The van der Waals surface area contributed by atoms with E-state index in [0.717, 1.165) is 0 Å². The lowest BCUT2D eigenvalue weighted by atomic mass is 10.2. The summed E-state index contributed by atoms with van der Waals surface area (Å²) in [7, 11) is 0. The van der Waals surface area contributed by atoms with E-state index in [1.165, 1.54) is 0 Å². The van der Waals surface area contributed by atoms with Gasteiger partial charge in [0.05, 0.1) is 12.0 Å². The van der Waals surface area contributed by atoms with Crippen molar-refractivity contribution in [3.8, 4) is 0 Å². The van der Waals surface area contributed by atoms with Gasteiger partial charge in [0.15, 0.2) is 0 Å². The summed E-state index contributed by atoms with van der Waals surface area (Å²) in [5.74, 6) is -0.663. The van der Waals surface area contributed by atoms with E-state index < -0.39 is 0 Å². The normalized spacial score (nSPS) is 11.1. The van der Waals surface area contributed by atoms with Gasteiger partial charge in [0.2, 0.25) is 5.91 Å². The quantitative estimate of drug-likeness (QED) is 0.511. The molecule has 0 unspecified atom stereocenters. The standard InChI is InChI=1S/C17H14BrCl2N3O2/c1-10(22-23-17(25)14-4-2-3-5-15(14)18)6-16(24)21-13-8-11(19)7-12(20)9-13/h2-5,7-9H,6H2,1H3,(H,21,24)(H,23,25)/b22-10+. The van der Waals surface area contributed by atoms with E-state index in [1.807, 2.05) is 6.07 Å². The number of hydrogen-bond donors (Lipinski definition) is 2. The molecular formula is C17H14BrCl2N3O2. The van der Waals surface area contributed by atoms with Crippen LogP contribution in [0.3, 0.4) is 0 Å². The number of carbonyl (C=O) groups excluding carboxylic acids is 2. The highest BCUT2D eigenvalue weighted by Crippen LogP contribution is 2.22. The lowest BCUT2D eigenvalue weighted by molar-refractivity contribution is -0.115. The predicted octanol–water partition coefficient (Wildman–Crippen LogP) is 4.89. The molecule has 0 atom stereocenters. The first-order chi connectivity index (χ1) is 11.8. The van der Waals surface area contributed by atoms with E-state index in [0.29, 0.717) is 31.5 Å². The maximum Gasteiger partial charge on any atom is 0.272 e. The fourth-order valence-corrected chi connectivity index (χ4v) is 2.95. The minimum absolute atomic E-state index is 0.0143. The molecule has 0 radical (unpaired) electrons. The molecule has 2 rings (SSSR count). The number of amides is 2. The van der Waals surface area contributed by atoms with Gasteiger partial charge >= 0.3 is 0 Å². The van der Waals surface area contributed by atoms with Crippen LogP contribution in [-0.2, 0) is 4.79 Å². The predicted molar refractivity (Wildman–Crippen MR) is 104 cm³/mol. The smallest absolute Gasteiger partial charge is 0.272 e. The topological polar surface area (TPSA) is 70.6 Å². The van der Waals surface area contributed by atoms with Crippen LogP contribution in [0, 0.1) is 0 Å². The summed E-state index contributed by atoms with van der Waals surface area (Å²) in [5, 5.41) is 7.47. The monoisotopic (exact) mass is 441 g/mol. The molecule has 0 aliphatic rings. The van der Waals surface area contributed by atoms with Crippen LogP contribution < -0.4 is 10.7 Å². The third kappa shape index (κ3) is 6.16. The number of benzene rings is 2. The molecular weight excluding hydrogens is 429 g/mol. The van der Waals surface area contributed by atoms with Crippen LogP contribution >= 0.6 is 39.1 Å². The zero-order valence-electron chi connectivity index (χ0n) is 13.1. The Morgan fingerprint density at radius 3 is 2.40 bits per heavy atom. The van der Waals surface area contributed by atoms with Gasteiger partial charge in [-0.05, 0) is 53.2 Å². The molecule has 0 bridgehead atoms. The van der Waals surface area contributed by atoms with Crippen LogP contribution in [0.2, 0.25) is 10.0 Å². The fraction of sp³-hybridized carbons (Fsp3) is 0.118. The maximum absolute atomic E-state index is 12.0. The number of halogens is 3. The van der Waals surface area contributed by atoms with Crippen LogP contribution in [-0.4, -0.2) is 17.5 Å². The summed E-state index contributed by atoms with van der Waals surface area (Å²) in [5.41, 5.74) is 3.82. The van der Waals surface area contributed by atoms with Gasteiger partial charge in [0.1, 0.15) is 0 Å². The van der Waals surface area contributed by atoms with E-state index in [9.17, 15) is 9.59 Å². The number of nitrogens with zero attached hydrogens (tertiary/aromatic N) is 1. The zero-order valence-corrected chi connectivity index (χ0v) is 16.2. The van der Waals surface area contributed by atoms with E-state index in [4.69, 9.17) is 23.2 Å². The summed E-state index contributed by atoms with van der Waals surface area (Å²) in [6.45, 7) is 1.64. The van der Waals surface area contributed by atoms with E-state index in [2.05, 4.69) is 31.8 Å². The first-order valence-electron chi connectivity index (χ1n) is 7.19. The Hall–Kier alpha value is -1.89. The van der Waals surface area contributed by atoms with Crippen LogP contribution in [0.4, 0.5) is 5.69 Å². The van der Waals surface area contributed by atoms with Crippen LogP contribution in [0.15, 0.2) is 52.0 Å². The average Bonchev–Trinajstić information content (AvgIpc) is 2.51. The van der Waals surface area contributed by atoms with Crippen molar-refractivity contribution in [3.63, 3.8) is 0 Å². The van der Waals surface area contributed by atoms with E-state index >= 15 is 0 Å². The number of hydrazone groups is 1. The molecule has 2 aromatic rings. The van der Waals surface area contributed by atoms with Crippen molar-refractivity contribution in [3.05, 3.63) is 62.5 Å². The average molecular weight is 443 g/mol. The molecule has 0 saturated heterocycles. The number of carbonyl (C=O) groups is 2. The third-order valence-electron chi connectivity index (χ3n) is 3.03. The Bertz CT molecular complexity index is 820. The van der Waals surface area contributed by atoms with E-state index in [-0.39, 0.29) is 18.2 Å². The fourth-order valence-electron chi connectivity index (χ4n) is 1.95. The third-order valence-corrected chi connectivity index (χ3v) is 4.16.